The summed E-state index contributed by atoms with van der Waals surface area (Å²) in [6, 6.07) is 15.3. The largest absolute Gasteiger partial charge is 0.323 e. The second-order valence-electron chi connectivity index (χ2n) is 4.61. The molecule has 0 radical (unpaired) electrons. The number of hydrogen-bond donors (Lipinski definition) is 1. The quantitative estimate of drug-likeness (QED) is 0.917. The van der Waals surface area contributed by atoms with Crippen LogP contribution in [0, 0.1) is 5.82 Å². The molecule has 0 aliphatic heterocycles. The Morgan fingerprint density at radius 1 is 1.10 bits per heavy atom. The number of nitrogens with two attached hydrogens (primary N) is 1. The van der Waals surface area contributed by atoms with E-state index in [9.17, 15) is 8.60 Å². The monoisotopic (exact) mass is 291 g/mol. The fraction of sp³-hybridized carbons (Fsp3) is 0.250. The molecule has 2 aromatic rings. The molecular weight excluding hydrogens is 273 g/mol. The van der Waals surface area contributed by atoms with Crippen LogP contribution in [0.1, 0.15) is 24.9 Å². The summed E-state index contributed by atoms with van der Waals surface area (Å²) in [7, 11) is -1.46. The Hall–Kier alpha value is -1.52. The predicted molar refractivity (Wildman–Crippen MR) is 80.3 cm³/mol. The van der Waals surface area contributed by atoms with Crippen molar-refractivity contribution in [3.8, 4) is 0 Å². The average molecular weight is 291 g/mol. The number of rotatable bonds is 5. The Morgan fingerprint density at radius 2 is 1.70 bits per heavy atom. The molecule has 3 atom stereocenters. The first-order valence-corrected chi connectivity index (χ1v) is 7.82. The van der Waals surface area contributed by atoms with Gasteiger partial charge in [-0.3, -0.25) is 4.21 Å². The van der Waals surface area contributed by atoms with Crippen molar-refractivity contribution >= 4 is 10.8 Å². The first-order chi connectivity index (χ1) is 9.65. The Balaban J connectivity index is 2.29. The van der Waals surface area contributed by atoms with Gasteiger partial charge < -0.3 is 5.73 Å². The second-order valence-corrected chi connectivity index (χ2v) is 6.25. The summed E-state index contributed by atoms with van der Waals surface area (Å²) in [5.74, 6) is -0.440. The molecule has 20 heavy (non-hydrogen) atoms. The molecular formula is C16H18FNOS. The molecule has 0 amide bonds. The topological polar surface area (TPSA) is 43.1 Å². The smallest absolute Gasteiger partial charge is 0.139 e. The van der Waals surface area contributed by atoms with Crippen LogP contribution in [-0.4, -0.2) is 9.46 Å². The molecule has 0 fully saturated rings. The summed E-state index contributed by atoms with van der Waals surface area (Å²) < 4.78 is 26.4. The van der Waals surface area contributed by atoms with Crippen LogP contribution < -0.4 is 5.73 Å². The van der Waals surface area contributed by atoms with E-state index in [1.165, 1.54) is 6.07 Å². The molecule has 4 heteroatoms. The zero-order valence-corrected chi connectivity index (χ0v) is 12.1. The lowest BCUT2D eigenvalue weighted by atomic mass is 10.0. The van der Waals surface area contributed by atoms with Gasteiger partial charge in [-0.25, -0.2) is 4.39 Å². The fourth-order valence-corrected chi connectivity index (χ4v) is 3.72. The highest BCUT2D eigenvalue weighted by Gasteiger charge is 2.26. The molecule has 2 aromatic carbocycles. The molecule has 106 valence electrons. The zero-order valence-electron chi connectivity index (χ0n) is 11.3. The Kier molecular flexibility index (Phi) is 5.04. The molecule has 2 N–H and O–H groups in total. The molecule has 0 heterocycles. The third kappa shape index (κ3) is 3.14. The number of hydrogen-bond acceptors (Lipinski definition) is 2. The average Bonchev–Trinajstić information content (AvgIpc) is 2.49. The maximum atomic E-state index is 13.8. The molecule has 0 aliphatic carbocycles. The summed E-state index contributed by atoms with van der Waals surface area (Å²) in [5.41, 5.74) is 7.14. The van der Waals surface area contributed by atoms with Crippen LogP contribution in [0.4, 0.5) is 4.39 Å². The minimum absolute atomic E-state index is 0.228. The van der Waals surface area contributed by atoms with Gasteiger partial charge >= 0.3 is 0 Å². The number of halogens is 1. The van der Waals surface area contributed by atoms with Crippen molar-refractivity contribution in [2.45, 2.75) is 29.5 Å². The molecule has 3 unspecified atom stereocenters. The van der Waals surface area contributed by atoms with E-state index in [2.05, 4.69) is 0 Å². The van der Waals surface area contributed by atoms with Crippen molar-refractivity contribution in [1.29, 1.82) is 0 Å². The van der Waals surface area contributed by atoms with Crippen LogP contribution in [0.3, 0.4) is 0 Å². The van der Waals surface area contributed by atoms with Crippen molar-refractivity contribution in [3.63, 3.8) is 0 Å². The summed E-state index contributed by atoms with van der Waals surface area (Å²) in [6.45, 7) is 1.92. The van der Waals surface area contributed by atoms with Crippen molar-refractivity contribution in [2.75, 3.05) is 0 Å². The van der Waals surface area contributed by atoms with Crippen molar-refractivity contribution in [1.82, 2.24) is 0 Å². The van der Waals surface area contributed by atoms with E-state index < -0.39 is 16.6 Å². The molecule has 0 saturated heterocycles. The first-order valence-electron chi connectivity index (χ1n) is 6.60. The summed E-state index contributed by atoms with van der Waals surface area (Å²) in [6.07, 6.45) is 0.622. The van der Waals surface area contributed by atoms with Crippen LogP contribution in [0.25, 0.3) is 0 Å². The van der Waals surface area contributed by atoms with Gasteiger partial charge in [0, 0.05) is 6.04 Å². The van der Waals surface area contributed by atoms with E-state index in [1.807, 2.05) is 37.3 Å². The standard InChI is InChI=1S/C16H18FNOS/c1-2-14(16(18)12-8-4-3-5-9-12)20(19)15-11-7-6-10-13(15)17/h3-11,14,16H,2,18H2,1H3. The molecule has 0 saturated carbocycles. The van der Waals surface area contributed by atoms with E-state index in [1.54, 1.807) is 18.2 Å². The Labute approximate surface area is 121 Å². The van der Waals surface area contributed by atoms with Crippen LogP contribution in [0.15, 0.2) is 59.5 Å². The zero-order chi connectivity index (χ0) is 14.5. The van der Waals surface area contributed by atoms with Gasteiger partial charge in [-0.2, -0.15) is 0 Å². The summed E-state index contributed by atoms with van der Waals surface area (Å²) in [4.78, 5) is 0.228. The molecule has 2 nitrogen and oxygen atoms in total. The van der Waals surface area contributed by atoms with E-state index in [-0.39, 0.29) is 16.2 Å². The maximum Gasteiger partial charge on any atom is 0.139 e. The lowest BCUT2D eigenvalue weighted by Gasteiger charge is -2.22. The van der Waals surface area contributed by atoms with Gasteiger partial charge in [0.05, 0.1) is 20.9 Å². The summed E-state index contributed by atoms with van der Waals surface area (Å²) >= 11 is 0. The lowest BCUT2D eigenvalue weighted by Crippen LogP contribution is -2.30. The van der Waals surface area contributed by atoms with E-state index in [4.69, 9.17) is 5.73 Å². The van der Waals surface area contributed by atoms with Gasteiger partial charge in [0.2, 0.25) is 0 Å². The Morgan fingerprint density at radius 3 is 2.30 bits per heavy atom. The van der Waals surface area contributed by atoms with Gasteiger partial charge in [0.1, 0.15) is 5.82 Å². The second kappa shape index (κ2) is 6.77. The lowest BCUT2D eigenvalue weighted by molar-refractivity contribution is 0.581. The van der Waals surface area contributed by atoms with E-state index >= 15 is 0 Å². The summed E-state index contributed by atoms with van der Waals surface area (Å²) in [5, 5.41) is -0.311. The SMILES string of the molecule is CCC(C(N)c1ccccc1)S(=O)c1ccccc1F. The van der Waals surface area contributed by atoms with Crippen molar-refractivity contribution in [3.05, 3.63) is 66.0 Å². The maximum absolute atomic E-state index is 13.8. The highest BCUT2D eigenvalue weighted by atomic mass is 32.2. The predicted octanol–water partition coefficient (Wildman–Crippen LogP) is 3.41. The first kappa shape index (κ1) is 14.9. The third-order valence-corrected chi connectivity index (χ3v) is 5.26. The molecule has 0 aromatic heterocycles. The van der Waals surface area contributed by atoms with Gasteiger partial charge in [-0.05, 0) is 24.1 Å². The molecule has 2 rings (SSSR count). The van der Waals surface area contributed by atoms with Crippen LogP contribution >= 0.6 is 0 Å². The van der Waals surface area contributed by atoms with Gasteiger partial charge in [-0.15, -0.1) is 0 Å². The molecule has 0 spiro atoms. The van der Waals surface area contributed by atoms with E-state index in [0.717, 1.165) is 5.56 Å². The van der Waals surface area contributed by atoms with Gasteiger partial charge in [0.25, 0.3) is 0 Å². The number of benzene rings is 2. The van der Waals surface area contributed by atoms with Crippen LogP contribution in [0.2, 0.25) is 0 Å². The third-order valence-electron chi connectivity index (χ3n) is 3.32. The van der Waals surface area contributed by atoms with Crippen molar-refractivity contribution in [2.24, 2.45) is 5.73 Å². The van der Waals surface area contributed by atoms with Crippen molar-refractivity contribution < 1.29 is 8.60 Å². The normalized spacial score (nSPS) is 15.6. The highest BCUT2D eigenvalue weighted by molar-refractivity contribution is 7.85. The minimum Gasteiger partial charge on any atom is -0.323 e. The van der Waals surface area contributed by atoms with Gasteiger partial charge in [0.15, 0.2) is 0 Å². The van der Waals surface area contributed by atoms with Gasteiger partial charge in [-0.1, -0.05) is 49.4 Å². The minimum atomic E-state index is -1.46. The fourth-order valence-electron chi connectivity index (χ4n) is 2.20. The van der Waals surface area contributed by atoms with E-state index in [0.29, 0.717) is 6.42 Å². The molecule has 0 bridgehead atoms. The van der Waals surface area contributed by atoms with Crippen LogP contribution in [-0.2, 0) is 10.8 Å². The van der Waals surface area contributed by atoms with Crippen LogP contribution in [0.5, 0.6) is 0 Å². The Bertz CT molecular complexity index is 588. The molecule has 0 aliphatic rings. The highest BCUT2D eigenvalue weighted by Crippen LogP contribution is 2.26.